The Morgan fingerprint density at radius 2 is 2.32 bits per heavy atom. The summed E-state index contributed by atoms with van der Waals surface area (Å²) in [6.07, 6.45) is 4.46. The second-order valence-corrected chi connectivity index (χ2v) is 5.55. The molecule has 1 fully saturated rings. The van der Waals surface area contributed by atoms with Crippen molar-refractivity contribution in [2.75, 3.05) is 19.7 Å². The van der Waals surface area contributed by atoms with Crippen LogP contribution in [0.15, 0.2) is 24.4 Å². The van der Waals surface area contributed by atoms with E-state index in [0.717, 1.165) is 37.4 Å². The van der Waals surface area contributed by atoms with Crippen LogP contribution in [0.5, 0.6) is 0 Å². The number of piperidine rings is 1. The van der Waals surface area contributed by atoms with Crippen molar-refractivity contribution in [3.8, 4) is 0 Å². The highest BCUT2D eigenvalue weighted by Gasteiger charge is 2.19. The second kappa shape index (κ2) is 5.31. The van der Waals surface area contributed by atoms with E-state index in [4.69, 9.17) is 0 Å². The third-order valence-electron chi connectivity index (χ3n) is 3.99. The van der Waals surface area contributed by atoms with E-state index in [1.165, 1.54) is 12.1 Å². The highest BCUT2D eigenvalue weighted by molar-refractivity contribution is 5.41. The lowest BCUT2D eigenvalue weighted by Gasteiger charge is -2.31. The first kappa shape index (κ1) is 12.6. The van der Waals surface area contributed by atoms with Gasteiger partial charge in [0, 0.05) is 31.6 Å². The molecule has 1 atom stereocenters. The SMILES string of the molecule is Cc1cccc2nc(CN3CCCC(CO)C3)cn12. The summed E-state index contributed by atoms with van der Waals surface area (Å²) in [7, 11) is 0. The summed E-state index contributed by atoms with van der Waals surface area (Å²) < 4.78 is 2.14. The maximum Gasteiger partial charge on any atom is 0.137 e. The predicted octanol–water partition coefficient (Wildman–Crippen LogP) is 1.85. The van der Waals surface area contributed by atoms with E-state index in [2.05, 4.69) is 33.5 Å². The van der Waals surface area contributed by atoms with Crippen molar-refractivity contribution in [1.82, 2.24) is 14.3 Å². The van der Waals surface area contributed by atoms with Gasteiger partial charge >= 0.3 is 0 Å². The Labute approximate surface area is 113 Å². The van der Waals surface area contributed by atoms with Crippen LogP contribution in [0.4, 0.5) is 0 Å². The summed E-state index contributed by atoms with van der Waals surface area (Å²) in [4.78, 5) is 7.08. The molecule has 0 amide bonds. The van der Waals surface area contributed by atoms with Crippen molar-refractivity contribution in [3.63, 3.8) is 0 Å². The number of aliphatic hydroxyl groups is 1. The number of aromatic nitrogens is 2. The summed E-state index contributed by atoms with van der Waals surface area (Å²) in [6, 6.07) is 6.19. The van der Waals surface area contributed by atoms with E-state index in [0.29, 0.717) is 12.5 Å². The number of aryl methyl sites for hydroxylation is 1. The largest absolute Gasteiger partial charge is 0.396 e. The highest BCUT2D eigenvalue weighted by atomic mass is 16.3. The molecule has 4 heteroatoms. The van der Waals surface area contributed by atoms with Gasteiger partial charge in [-0.05, 0) is 44.4 Å². The Morgan fingerprint density at radius 1 is 1.42 bits per heavy atom. The van der Waals surface area contributed by atoms with Gasteiger partial charge < -0.3 is 9.51 Å². The average molecular weight is 259 g/mol. The fourth-order valence-corrected chi connectivity index (χ4v) is 2.95. The van der Waals surface area contributed by atoms with Gasteiger partial charge in [-0.25, -0.2) is 4.98 Å². The zero-order valence-corrected chi connectivity index (χ0v) is 11.4. The summed E-state index contributed by atoms with van der Waals surface area (Å²) >= 11 is 0. The van der Waals surface area contributed by atoms with Gasteiger partial charge in [-0.2, -0.15) is 0 Å². The summed E-state index contributed by atoms with van der Waals surface area (Å²) in [5, 5.41) is 9.28. The van der Waals surface area contributed by atoms with E-state index < -0.39 is 0 Å². The fourth-order valence-electron chi connectivity index (χ4n) is 2.95. The van der Waals surface area contributed by atoms with Crippen molar-refractivity contribution in [2.24, 2.45) is 5.92 Å². The molecule has 102 valence electrons. The summed E-state index contributed by atoms with van der Waals surface area (Å²) in [6.45, 7) is 5.40. The smallest absolute Gasteiger partial charge is 0.137 e. The first-order valence-electron chi connectivity index (χ1n) is 7.03. The number of imidazole rings is 1. The summed E-state index contributed by atoms with van der Waals surface area (Å²) in [5.41, 5.74) is 3.35. The molecule has 0 bridgehead atoms. The van der Waals surface area contributed by atoms with E-state index >= 15 is 0 Å². The Morgan fingerprint density at radius 3 is 3.11 bits per heavy atom. The number of hydrogen-bond donors (Lipinski definition) is 1. The van der Waals surface area contributed by atoms with Crippen LogP contribution in [0.1, 0.15) is 24.2 Å². The third-order valence-corrected chi connectivity index (χ3v) is 3.99. The van der Waals surface area contributed by atoms with Crippen molar-refractivity contribution >= 4 is 5.65 Å². The molecular formula is C15H21N3O. The van der Waals surface area contributed by atoms with Crippen LogP contribution in [-0.4, -0.2) is 39.1 Å². The van der Waals surface area contributed by atoms with Crippen molar-refractivity contribution in [3.05, 3.63) is 35.8 Å². The van der Waals surface area contributed by atoms with Crippen LogP contribution >= 0.6 is 0 Å². The standard InChI is InChI=1S/C15H21N3O/c1-12-4-2-6-15-16-14(10-18(12)15)9-17-7-3-5-13(8-17)11-19/h2,4,6,10,13,19H,3,5,7-9,11H2,1H3. The van der Waals surface area contributed by atoms with Gasteiger partial charge in [0.2, 0.25) is 0 Å². The van der Waals surface area contributed by atoms with Gasteiger partial charge in [0.05, 0.1) is 5.69 Å². The molecule has 19 heavy (non-hydrogen) atoms. The fraction of sp³-hybridized carbons (Fsp3) is 0.533. The minimum atomic E-state index is 0.306. The number of hydrogen-bond acceptors (Lipinski definition) is 3. The highest BCUT2D eigenvalue weighted by Crippen LogP contribution is 2.18. The van der Waals surface area contributed by atoms with E-state index in [9.17, 15) is 5.11 Å². The molecule has 1 unspecified atom stereocenters. The van der Waals surface area contributed by atoms with E-state index in [1.54, 1.807) is 0 Å². The monoisotopic (exact) mass is 259 g/mol. The topological polar surface area (TPSA) is 40.8 Å². The van der Waals surface area contributed by atoms with Crippen molar-refractivity contribution in [1.29, 1.82) is 0 Å². The lowest BCUT2D eigenvalue weighted by atomic mass is 9.99. The first-order chi connectivity index (χ1) is 9.26. The normalized spacial score (nSPS) is 21.1. The first-order valence-corrected chi connectivity index (χ1v) is 7.03. The number of pyridine rings is 1. The Hall–Kier alpha value is -1.39. The third kappa shape index (κ3) is 2.65. The molecule has 4 nitrogen and oxygen atoms in total. The number of likely N-dealkylation sites (tertiary alicyclic amines) is 1. The van der Waals surface area contributed by atoms with Crippen LogP contribution < -0.4 is 0 Å². The van der Waals surface area contributed by atoms with Crippen LogP contribution in [0.25, 0.3) is 5.65 Å². The Balaban J connectivity index is 1.76. The lowest BCUT2D eigenvalue weighted by molar-refractivity contribution is 0.115. The van der Waals surface area contributed by atoms with Crippen molar-refractivity contribution in [2.45, 2.75) is 26.3 Å². The molecule has 0 spiro atoms. The molecule has 2 aromatic heterocycles. The van der Waals surface area contributed by atoms with E-state index in [-0.39, 0.29) is 0 Å². The molecular weight excluding hydrogens is 238 g/mol. The molecule has 0 radical (unpaired) electrons. The molecule has 1 N–H and O–H groups in total. The predicted molar refractivity (Wildman–Crippen MR) is 75.0 cm³/mol. The van der Waals surface area contributed by atoms with Crippen LogP contribution in [0, 0.1) is 12.8 Å². The average Bonchev–Trinajstić information content (AvgIpc) is 2.83. The van der Waals surface area contributed by atoms with Crippen LogP contribution in [-0.2, 0) is 6.54 Å². The molecule has 0 aliphatic carbocycles. The molecule has 0 aromatic carbocycles. The molecule has 1 aliphatic rings. The van der Waals surface area contributed by atoms with Gasteiger partial charge in [0.1, 0.15) is 5.65 Å². The lowest BCUT2D eigenvalue weighted by Crippen LogP contribution is -2.36. The zero-order valence-electron chi connectivity index (χ0n) is 11.4. The van der Waals surface area contributed by atoms with Crippen LogP contribution in [0.2, 0.25) is 0 Å². The number of fused-ring (bicyclic) bond motifs is 1. The molecule has 1 aliphatic heterocycles. The maximum absolute atomic E-state index is 9.28. The van der Waals surface area contributed by atoms with Gasteiger partial charge in [0.25, 0.3) is 0 Å². The molecule has 3 heterocycles. The van der Waals surface area contributed by atoms with Gasteiger partial charge in [0.15, 0.2) is 0 Å². The quantitative estimate of drug-likeness (QED) is 0.914. The van der Waals surface area contributed by atoms with Crippen LogP contribution in [0.3, 0.4) is 0 Å². The number of nitrogens with zero attached hydrogens (tertiary/aromatic N) is 3. The van der Waals surface area contributed by atoms with Gasteiger partial charge in [-0.15, -0.1) is 0 Å². The molecule has 0 saturated carbocycles. The van der Waals surface area contributed by atoms with Gasteiger partial charge in [-0.3, -0.25) is 4.90 Å². The Bertz CT molecular complexity index is 564. The molecule has 3 rings (SSSR count). The molecule has 2 aromatic rings. The number of rotatable bonds is 3. The minimum absolute atomic E-state index is 0.306. The maximum atomic E-state index is 9.28. The Kier molecular flexibility index (Phi) is 3.53. The minimum Gasteiger partial charge on any atom is -0.396 e. The van der Waals surface area contributed by atoms with Gasteiger partial charge in [-0.1, -0.05) is 6.07 Å². The molecule has 1 saturated heterocycles. The van der Waals surface area contributed by atoms with E-state index in [1.807, 2.05) is 12.1 Å². The number of aliphatic hydroxyl groups excluding tert-OH is 1. The zero-order chi connectivity index (χ0) is 13.2. The van der Waals surface area contributed by atoms with Crippen molar-refractivity contribution < 1.29 is 5.11 Å². The second-order valence-electron chi connectivity index (χ2n) is 5.55. The summed E-state index contributed by atoms with van der Waals surface area (Å²) in [5.74, 6) is 0.438.